The highest BCUT2D eigenvalue weighted by Gasteiger charge is 2.37. The minimum atomic E-state index is -0.100. The van der Waals surface area contributed by atoms with Crippen molar-refractivity contribution in [3.63, 3.8) is 0 Å². The van der Waals surface area contributed by atoms with Crippen molar-refractivity contribution in [2.24, 2.45) is 11.8 Å². The summed E-state index contributed by atoms with van der Waals surface area (Å²) in [4.78, 5) is 31.3. The summed E-state index contributed by atoms with van der Waals surface area (Å²) < 4.78 is 3.78. The molecule has 3 aromatic heterocycles. The minimum absolute atomic E-state index is 0.0239. The van der Waals surface area contributed by atoms with Crippen molar-refractivity contribution in [3.8, 4) is 22.6 Å². The molecule has 1 aliphatic carbocycles. The first kappa shape index (κ1) is 26.7. The molecule has 204 valence electrons. The lowest BCUT2D eigenvalue weighted by molar-refractivity contribution is -0.124. The van der Waals surface area contributed by atoms with Gasteiger partial charge in [0.2, 0.25) is 5.82 Å². The number of pyridine rings is 1. The molecule has 4 aromatic rings. The fourth-order valence-electron chi connectivity index (χ4n) is 6.11. The van der Waals surface area contributed by atoms with E-state index in [2.05, 4.69) is 34.5 Å². The Morgan fingerprint density at radius 2 is 1.92 bits per heavy atom. The van der Waals surface area contributed by atoms with Crippen molar-refractivity contribution in [2.75, 3.05) is 0 Å². The Labute approximate surface area is 228 Å². The maximum atomic E-state index is 13.9. The molecule has 1 saturated carbocycles. The first-order valence-electron chi connectivity index (χ1n) is 14.1. The zero-order valence-electron chi connectivity index (χ0n) is 23.0. The fourth-order valence-corrected chi connectivity index (χ4v) is 6.11. The quantitative estimate of drug-likeness (QED) is 0.302. The van der Waals surface area contributed by atoms with Crippen molar-refractivity contribution in [1.82, 2.24) is 34.7 Å². The summed E-state index contributed by atoms with van der Waals surface area (Å²) in [5.41, 5.74) is 4.51. The normalized spacial score (nSPS) is 19.3. The zero-order valence-corrected chi connectivity index (χ0v) is 23.0. The highest BCUT2D eigenvalue weighted by molar-refractivity contribution is 5.79. The number of aromatic amines is 1. The Hall–Kier alpha value is -3.88. The summed E-state index contributed by atoms with van der Waals surface area (Å²) in [5.74, 6) is 0.938. The lowest BCUT2D eigenvalue weighted by Gasteiger charge is -2.37. The van der Waals surface area contributed by atoms with Crippen LogP contribution in [0.1, 0.15) is 76.6 Å². The number of nitrogens with zero attached hydrogens (tertiary/aromatic N) is 6. The molecule has 0 aliphatic heterocycles. The van der Waals surface area contributed by atoms with Gasteiger partial charge in [0.05, 0.1) is 18.3 Å². The number of carbonyl (C=O) groups is 1. The maximum Gasteiger partial charge on any atom is 0.328 e. The largest absolute Gasteiger partial charge is 0.328 e. The predicted octanol–water partition coefficient (Wildman–Crippen LogP) is 5.24. The molecule has 0 saturated heterocycles. The third kappa shape index (κ3) is 5.48. The van der Waals surface area contributed by atoms with Crippen LogP contribution in [0.4, 0.5) is 0 Å². The molecule has 3 unspecified atom stereocenters. The number of tetrazole rings is 1. The fraction of sp³-hybridized carbons (Fsp3) is 0.467. The molecule has 1 aliphatic rings. The van der Waals surface area contributed by atoms with E-state index in [1.54, 1.807) is 6.92 Å². The first-order chi connectivity index (χ1) is 19.0. The number of carbonyl (C=O) groups excluding carboxylic acids is 1. The van der Waals surface area contributed by atoms with E-state index in [4.69, 9.17) is 4.98 Å². The van der Waals surface area contributed by atoms with E-state index in [1.165, 1.54) is 0 Å². The Balaban J connectivity index is 1.47. The van der Waals surface area contributed by atoms with Crippen molar-refractivity contribution < 1.29 is 4.79 Å². The van der Waals surface area contributed by atoms with E-state index in [1.807, 2.05) is 57.9 Å². The molecule has 0 amide bonds. The molecule has 1 fully saturated rings. The monoisotopic (exact) mass is 527 g/mol. The number of unbranched alkanes of at least 4 members (excludes halogenated alkanes) is 1. The Morgan fingerprint density at radius 3 is 2.59 bits per heavy atom. The molecule has 1 aromatic carbocycles. The molecule has 0 radical (unpaired) electrons. The number of aromatic nitrogens is 7. The van der Waals surface area contributed by atoms with E-state index in [-0.39, 0.29) is 23.4 Å². The van der Waals surface area contributed by atoms with E-state index in [0.29, 0.717) is 18.3 Å². The molecular weight excluding hydrogens is 490 g/mol. The number of aryl methyl sites for hydroxylation is 1. The second-order valence-electron chi connectivity index (χ2n) is 10.6. The van der Waals surface area contributed by atoms with Gasteiger partial charge in [-0.3, -0.25) is 18.9 Å². The average molecular weight is 528 g/mol. The number of hydrogen-bond acceptors (Lipinski definition) is 6. The van der Waals surface area contributed by atoms with Crippen molar-refractivity contribution in [2.45, 2.75) is 78.3 Å². The second-order valence-corrected chi connectivity index (χ2v) is 10.6. The van der Waals surface area contributed by atoms with Crippen LogP contribution in [0.3, 0.4) is 0 Å². The van der Waals surface area contributed by atoms with Crippen molar-refractivity contribution in [3.05, 3.63) is 70.5 Å². The number of hydrogen-bond donors (Lipinski definition) is 1. The van der Waals surface area contributed by atoms with Crippen LogP contribution in [-0.4, -0.2) is 40.5 Å². The number of ketones is 1. The smallest absolute Gasteiger partial charge is 0.300 e. The van der Waals surface area contributed by atoms with Gasteiger partial charge in [-0.1, -0.05) is 63.4 Å². The van der Waals surface area contributed by atoms with Gasteiger partial charge in [0.15, 0.2) is 0 Å². The number of Topliss-reactive ketones (excluding diaryl/α,β-unsaturated/α-hetero) is 1. The third-order valence-electron chi connectivity index (χ3n) is 8.18. The van der Waals surface area contributed by atoms with E-state index in [9.17, 15) is 9.59 Å². The summed E-state index contributed by atoms with van der Waals surface area (Å²) in [6.45, 7) is 6.46. The molecule has 3 atom stereocenters. The van der Waals surface area contributed by atoms with E-state index < -0.39 is 0 Å². The van der Waals surface area contributed by atoms with Gasteiger partial charge in [-0.15, -0.1) is 10.2 Å². The number of benzene rings is 1. The molecular formula is C30H37N7O2. The average Bonchev–Trinajstić information content (AvgIpc) is 3.61. The highest BCUT2D eigenvalue weighted by Crippen LogP contribution is 2.40. The van der Waals surface area contributed by atoms with Gasteiger partial charge in [-0.05, 0) is 55.4 Å². The van der Waals surface area contributed by atoms with Crippen LogP contribution in [0.15, 0.2) is 53.6 Å². The first-order valence-corrected chi connectivity index (χ1v) is 14.1. The number of H-pyrrole nitrogens is 1. The zero-order chi connectivity index (χ0) is 27.4. The lowest BCUT2D eigenvalue weighted by atomic mass is 9.74. The highest BCUT2D eigenvalue weighted by atomic mass is 16.2. The van der Waals surface area contributed by atoms with E-state index in [0.717, 1.165) is 73.0 Å². The number of rotatable bonds is 10. The van der Waals surface area contributed by atoms with Gasteiger partial charge in [0, 0.05) is 35.1 Å². The third-order valence-corrected chi connectivity index (χ3v) is 8.18. The molecule has 9 heteroatoms. The van der Waals surface area contributed by atoms with Gasteiger partial charge in [0.25, 0.3) is 0 Å². The molecule has 0 spiro atoms. The predicted molar refractivity (Wildman–Crippen MR) is 150 cm³/mol. The molecule has 1 N–H and O–H groups in total. The summed E-state index contributed by atoms with van der Waals surface area (Å²) in [7, 11) is 0. The van der Waals surface area contributed by atoms with Crippen LogP contribution in [-0.2, 0) is 17.8 Å². The number of nitrogens with one attached hydrogen (secondary N) is 1. The van der Waals surface area contributed by atoms with Crippen LogP contribution in [0.5, 0.6) is 0 Å². The van der Waals surface area contributed by atoms with Crippen LogP contribution < -0.4 is 5.69 Å². The minimum Gasteiger partial charge on any atom is -0.300 e. The van der Waals surface area contributed by atoms with Gasteiger partial charge in [0.1, 0.15) is 5.78 Å². The summed E-state index contributed by atoms with van der Waals surface area (Å²) >= 11 is 0. The van der Waals surface area contributed by atoms with Gasteiger partial charge >= 0.3 is 5.69 Å². The lowest BCUT2D eigenvalue weighted by Crippen LogP contribution is -2.39. The SMILES string of the molecule is CCCCc1cn(C2C(CC)CCCC2C(C)=O)c(=O)n1Cc1ccc(-c2ccccc2-c2nn[nH]n2)nc1. The van der Waals surface area contributed by atoms with Crippen molar-refractivity contribution in [1.29, 1.82) is 0 Å². The molecule has 9 nitrogen and oxygen atoms in total. The van der Waals surface area contributed by atoms with Crippen LogP contribution in [0, 0.1) is 11.8 Å². The van der Waals surface area contributed by atoms with Crippen LogP contribution >= 0.6 is 0 Å². The second kappa shape index (κ2) is 11.9. The number of imidazole rings is 1. The molecule has 5 rings (SSSR count). The Morgan fingerprint density at radius 1 is 1.10 bits per heavy atom. The summed E-state index contributed by atoms with van der Waals surface area (Å²) in [5, 5.41) is 14.4. The summed E-state index contributed by atoms with van der Waals surface area (Å²) in [6.07, 6.45) is 10.7. The molecule has 0 bridgehead atoms. The molecule has 3 heterocycles. The van der Waals surface area contributed by atoms with Gasteiger partial charge in [-0.2, -0.15) is 5.21 Å². The van der Waals surface area contributed by atoms with Crippen molar-refractivity contribution >= 4 is 5.78 Å². The Kier molecular flexibility index (Phi) is 8.14. The summed E-state index contributed by atoms with van der Waals surface area (Å²) in [6, 6.07) is 11.8. The van der Waals surface area contributed by atoms with Gasteiger partial charge in [-0.25, -0.2) is 4.79 Å². The van der Waals surface area contributed by atoms with Crippen LogP contribution in [0.2, 0.25) is 0 Å². The Bertz CT molecular complexity index is 1450. The van der Waals surface area contributed by atoms with E-state index >= 15 is 0 Å². The maximum absolute atomic E-state index is 13.9. The van der Waals surface area contributed by atoms with Gasteiger partial charge < -0.3 is 0 Å². The molecule has 39 heavy (non-hydrogen) atoms. The topological polar surface area (TPSA) is 111 Å². The van der Waals surface area contributed by atoms with Crippen LogP contribution in [0.25, 0.3) is 22.6 Å². The standard InChI is InChI=1S/C30H37N7O2/c1-4-6-11-23-19-37(28-22(5-2)10-9-14-24(28)20(3)38)30(39)36(23)18-21-15-16-27(31-17-21)25-12-7-8-13-26(25)29-32-34-35-33-29/h7-8,12-13,15-17,19,22,24,28H,4-6,9-11,14,18H2,1-3H3,(H,32,33,34,35).